The highest BCUT2D eigenvalue weighted by Gasteiger charge is 2.53. The standard InChI is InChI=1S/C26H35NO9/c1-6-11-16(3)23(29)34-21-20(36-26(31)27-18-13-9-8-10-14-18)19(15-28)33-25(32-5)22(21)35-24(30)17(4)12-7-2/h6-10,13-14,16-17,19-22,25,28H,1-2,11-12,15H2,3-5H3,(H,27,31)/t16-,17-,19-,20-,21+,22-,25+/m1/s1. The Kier molecular flexibility index (Phi) is 11.6. The maximum Gasteiger partial charge on any atom is 0.412 e. The van der Waals surface area contributed by atoms with Crippen LogP contribution in [0, 0.1) is 11.8 Å². The first-order valence-corrected chi connectivity index (χ1v) is 11.7. The molecule has 2 rings (SSSR count). The summed E-state index contributed by atoms with van der Waals surface area (Å²) in [5.74, 6) is -2.37. The summed E-state index contributed by atoms with van der Waals surface area (Å²) in [6.07, 6.45) is -3.33. The molecule has 0 bridgehead atoms. The minimum atomic E-state index is -1.33. The lowest BCUT2D eigenvalue weighted by atomic mass is 9.97. The van der Waals surface area contributed by atoms with Crippen molar-refractivity contribution in [2.45, 2.75) is 57.4 Å². The van der Waals surface area contributed by atoms with Gasteiger partial charge in [-0.3, -0.25) is 14.9 Å². The molecule has 1 amide bonds. The number of benzene rings is 1. The average molecular weight is 506 g/mol. The van der Waals surface area contributed by atoms with Gasteiger partial charge in [0.15, 0.2) is 24.6 Å². The first kappa shape index (κ1) is 29.0. The molecule has 1 aliphatic rings. The van der Waals surface area contributed by atoms with Gasteiger partial charge >= 0.3 is 18.0 Å². The molecule has 7 atom stereocenters. The summed E-state index contributed by atoms with van der Waals surface area (Å²) in [6.45, 7) is 9.96. The number of nitrogens with one attached hydrogen (secondary N) is 1. The molecule has 36 heavy (non-hydrogen) atoms. The van der Waals surface area contributed by atoms with Crippen molar-refractivity contribution in [1.29, 1.82) is 0 Å². The van der Waals surface area contributed by atoms with Gasteiger partial charge in [0.05, 0.1) is 18.4 Å². The van der Waals surface area contributed by atoms with Crippen molar-refractivity contribution in [3.05, 3.63) is 55.6 Å². The smallest absolute Gasteiger partial charge is 0.412 e. The summed E-state index contributed by atoms with van der Waals surface area (Å²) in [5, 5.41) is 12.5. The fraction of sp³-hybridized carbons (Fsp3) is 0.500. The molecular weight excluding hydrogens is 470 g/mol. The van der Waals surface area contributed by atoms with Gasteiger partial charge in [0.1, 0.15) is 6.10 Å². The Morgan fingerprint density at radius 1 is 0.972 bits per heavy atom. The van der Waals surface area contributed by atoms with Crippen LogP contribution in [0.3, 0.4) is 0 Å². The molecule has 0 radical (unpaired) electrons. The fourth-order valence-electron chi connectivity index (χ4n) is 3.60. The molecule has 2 N–H and O–H groups in total. The molecule has 10 nitrogen and oxygen atoms in total. The van der Waals surface area contributed by atoms with Gasteiger partial charge in [0, 0.05) is 12.8 Å². The minimum absolute atomic E-state index is 0.333. The molecule has 0 aromatic heterocycles. The molecule has 1 heterocycles. The van der Waals surface area contributed by atoms with Crippen LogP contribution in [0.4, 0.5) is 10.5 Å². The number of rotatable bonds is 12. The van der Waals surface area contributed by atoms with E-state index in [1.807, 2.05) is 0 Å². The number of carbonyl (C=O) groups excluding carboxylic acids is 3. The number of amides is 1. The van der Waals surface area contributed by atoms with Gasteiger partial charge in [-0.25, -0.2) is 4.79 Å². The summed E-state index contributed by atoms with van der Waals surface area (Å²) in [7, 11) is 1.32. The average Bonchev–Trinajstić information content (AvgIpc) is 2.86. The van der Waals surface area contributed by atoms with Crippen molar-refractivity contribution in [1.82, 2.24) is 0 Å². The second-order valence-corrected chi connectivity index (χ2v) is 8.48. The molecule has 1 aromatic rings. The maximum absolute atomic E-state index is 12.9. The number of anilines is 1. The Bertz CT molecular complexity index is 891. The normalized spacial score (nSPS) is 25.1. The van der Waals surface area contributed by atoms with Crippen LogP contribution in [0.1, 0.15) is 26.7 Å². The number of carbonyl (C=O) groups is 3. The molecular formula is C26H35NO9. The highest BCUT2D eigenvalue weighted by molar-refractivity contribution is 5.84. The molecule has 1 aliphatic heterocycles. The summed E-state index contributed by atoms with van der Waals surface area (Å²) >= 11 is 0. The van der Waals surface area contributed by atoms with Crippen LogP contribution in [0.15, 0.2) is 55.6 Å². The van der Waals surface area contributed by atoms with E-state index >= 15 is 0 Å². The molecule has 0 aliphatic carbocycles. The number of para-hydroxylation sites is 1. The van der Waals surface area contributed by atoms with E-state index in [4.69, 9.17) is 23.7 Å². The van der Waals surface area contributed by atoms with E-state index in [0.29, 0.717) is 18.5 Å². The summed E-state index contributed by atoms with van der Waals surface area (Å²) in [5.41, 5.74) is 0.462. The van der Waals surface area contributed by atoms with Gasteiger partial charge in [-0.15, -0.1) is 13.2 Å². The summed E-state index contributed by atoms with van der Waals surface area (Å²) in [6, 6.07) is 8.55. The van der Waals surface area contributed by atoms with Crippen LogP contribution in [0.2, 0.25) is 0 Å². The second-order valence-electron chi connectivity index (χ2n) is 8.48. The first-order chi connectivity index (χ1) is 17.2. The molecule has 0 spiro atoms. The zero-order chi connectivity index (χ0) is 26.7. The highest BCUT2D eigenvalue weighted by Crippen LogP contribution is 2.30. The lowest BCUT2D eigenvalue weighted by molar-refractivity contribution is -0.300. The van der Waals surface area contributed by atoms with Gasteiger partial charge in [-0.1, -0.05) is 44.2 Å². The largest absolute Gasteiger partial charge is 0.454 e. The molecule has 0 saturated carbocycles. The number of methoxy groups -OCH3 is 1. The number of aliphatic hydroxyl groups excluding tert-OH is 1. The van der Waals surface area contributed by atoms with Gasteiger partial charge in [-0.05, 0) is 25.0 Å². The number of aliphatic hydroxyl groups is 1. The van der Waals surface area contributed by atoms with Crippen LogP contribution < -0.4 is 5.32 Å². The highest BCUT2D eigenvalue weighted by atomic mass is 16.7. The Labute approximate surface area is 211 Å². The number of allylic oxidation sites excluding steroid dienone is 2. The van der Waals surface area contributed by atoms with Crippen molar-refractivity contribution in [2.75, 3.05) is 19.0 Å². The Morgan fingerprint density at radius 3 is 2.03 bits per heavy atom. The van der Waals surface area contributed by atoms with E-state index < -0.39 is 67.2 Å². The number of hydrogen-bond donors (Lipinski definition) is 2. The number of ether oxygens (including phenoxy) is 5. The quantitative estimate of drug-likeness (QED) is 0.250. The van der Waals surface area contributed by atoms with Gasteiger partial charge in [-0.2, -0.15) is 0 Å². The van der Waals surface area contributed by atoms with Gasteiger partial charge < -0.3 is 28.8 Å². The Balaban J connectivity index is 2.38. The topological polar surface area (TPSA) is 130 Å². The van der Waals surface area contributed by atoms with Crippen molar-refractivity contribution in [2.24, 2.45) is 11.8 Å². The monoisotopic (exact) mass is 505 g/mol. The third-order valence-electron chi connectivity index (χ3n) is 5.62. The van der Waals surface area contributed by atoms with Crippen LogP contribution >= 0.6 is 0 Å². The van der Waals surface area contributed by atoms with E-state index in [-0.39, 0.29) is 0 Å². The van der Waals surface area contributed by atoms with Crippen LogP contribution in [-0.4, -0.2) is 67.6 Å². The molecule has 1 aromatic carbocycles. The van der Waals surface area contributed by atoms with Crippen molar-refractivity contribution >= 4 is 23.7 Å². The summed E-state index contributed by atoms with van der Waals surface area (Å²) in [4.78, 5) is 38.3. The predicted octanol–water partition coefficient (Wildman–Crippen LogP) is 3.22. The molecule has 0 unspecified atom stereocenters. The van der Waals surface area contributed by atoms with Crippen LogP contribution in [-0.2, 0) is 33.3 Å². The zero-order valence-corrected chi connectivity index (χ0v) is 20.8. The van der Waals surface area contributed by atoms with Crippen LogP contribution in [0.5, 0.6) is 0 Å². The molecule has 1 saturated heterocycles. The Morgan fingerprint density at radius 2 is 1.53 bits per heavy atom. The van der Waals surface area contributed by atoms with Crippen LogP contribution in [0.25, 0.3) is 0 Å². The molecule has 1 fully saturated rings. The van der Waals surface area contributed by atoms with E-state index in [9.17, 15) is 19.5 Å². The molecule has 10 heteroatoms. The van der Waals surface area contributed by atoms with Crippen molar-refractivity contribution in [3.63, 3.8) is 0 Å². The van der Waals surface area contributed by atoms with Gasteiger partial charge in [0.2, 0.25) is 0 Å². The Hall–Kier alpha value is -3.21. The summed E-state index contributed by atoms with van der Waals surface area (Å²) < 4.78 is 28.0. The van der Waals surface area contributed by atoms with E-state index in [2.05, 4.69) is 18.5 Å². The third-order valence-corrected chi connectivity index (χ3v) is 5.62. The maximum atomic E-state index is 12.9. The minimum Gasteiger partial charge on any atom is -0.454 e. The second kappa shape index (κ2) is 14.4. The first-order valence-electron chi connectivity index (χ1n) is 11.7. The van der Waals surface area contributed by atoms with Crippen molar-refractivity contribution < 1.29 is 43.2 Å². The fourth-order valence-corrected chi connectivity index (χ4v) is 3.60. The lowest BCUT2D eigenvalue weighted by Crippen LogP contribution is -2.63. The van der Waals surface area contributed by atoms with Gasteiger partial charge in [0.25, 0.3) is 0 Å². The van der Waals surface area contributed by atoms with E-state index in [1.54, 1.807) is 56.3 Å². The third kappa shape index (κ3) is 7.91. The SMILES string of the molecule is C=CC[C@@H](C)C(=O)O[C@@H]1[C@@H](OC(=O)[C@H](C)CC=C)[C@@H](OC)O[C@H](CO)[C@H]1OC(=O)Nc1ccccc1. The lowest BCUT2D eigenvalue weighted by Gasteiger charge is -2.44. The van der Waals surface area contributed by atoms with E-state index in [0.717, 1.165) is 0 Å². The zero-order valence-electron chi connectivity index (χ0n) is 20.8. The van der Waals surface area contributed by atoms with E-state index in [1.165, 1.54) is 7.11 Å². The predicted molar refractivity (Wildman–Crippen MR) is 131 cm³/mol. The van der Waals surface area contributed by atoms with Crippen molar-refractivity contribution in [3.8, 4) is 0 Å². The molecule has 198 valence electrons. The number of esters is 2. The number of hydrogen-bond acceptors (Lipinski definition) is 9.